The number of aliphatic carboxylic acids is 2. The highest BCUT2D eigenvalue weighted by molar-refractivity contribution is 5.79. The van der Waals surface area contributed by atoms with Crippen LogP contribution in [0.2, 0.25) is 0 Å². The van der Waals surface area contributed by atoms with Gasteiger partial charge >= 0.3 is 11.9 Å². The largest absolute Gasteiger partial charge is 0.481 e. The molecule has 1 fully saturated rings. The minimum atomic E-state index is -1.79. The molecule has 0 radical (unpaired) electrons. The molecule has 0 bridgehead atoms. The summed E-state index contributed by atoms with van der Waals surface area (Å²) in [4.78, 5) is 19.4. The molecule has 114 valence electrons. The summed E-state index contributed by atoms with van der Waals surface area (Å²) in [5.74, 6) is -2.85. The third-order valence-corrected chi connectivity index (χ3v) is 3.03. The zero-order valence-corrected chi connectivity index (χ0v) is 11.3. The van der Waals surface area contributed by atoms with Gasteiger partial charge in [-0.25, -0.2) is 4.79 Å². The van der Waals surface area contributed by atoms with Crippen LogP contribution in [-0.2, 0) is 14.3 Å². The van der Waals surface area contributed by atoms with Crippen LogP contribution in [0, 0.1) is 11.3 Å². The zero-order valence-electron chi connectivity index (χ0n) is 11.3. The van der Waals surface area contributed by atoms with E-state index in [0.29, 0.717) is 6.10 Å². The van der Waals surface area contributed by atoms with Crippen LogP contribution in [0.4, 0.5) is 0 Å². The molecular weight excluding hydrogens is 268 g/mol. The van der Waals surface area contributed by atoms with Gasteiger partial charge in [-0.05, 0) is 25.7 Å². The number of aliphatic hydroxyl groups is 1. The molecule has 0 heterocycles. The highest BCUT2D eigenvalue weighted by Crippen LogP contribution is 2.26. The molecule has 8 heteroatoms. The zero-order chi connectivity index (χ0) is 15.8. The lowest BCUT2D eigenvalue weighted by Gasteiger charge is -2.30. The maximum absolute atomic E-state index is 9.72. The number of nitrogens with two attached hydrogens (primary N) is 1. The second-order valence-corrected chi connectivity index (χ2v) is 4.65. The summed E-state index contributed by atoms with van der Waals surface area (Å²) in [6.45, 7) is 0. The molecule has 20 heavy (non-hydrogen) atoms. The molecule has 1 rings (SSSR count). The second kappa shape index (κ2) is 8.47. The lowest BCUT2D eigenvalue weighted by atomic mass is 9.82. The fraction of sp³-hybridized carbons (Fsp3) is 0.750. The maximum atomic E-state index is 9.72. The lowest BCUT2D eigenvalue weighted by Crippen LogP contribution is -2.43. The summed E-state index contributed by atoms with van der Waals surface area (Å²) in [6, 6.07) is 2.15. The first-order chi connectivity index (χ1) is 9.24. The first-order valence-corrected chi connectivity index (χ1v) is 6.09. The molecular formula is C12H20N2O6. The third kappa shape index (κ3) is 7.04. The Hall–Kier alpha value is -1.69. The molecule has 0 amide bonds. The fourth-order valence-electron chi connectivity index (χ4n) is 1.71. The van der Waals surface area contributed by atoms with E-state index in [2.05, 4.69) is 6.07 Å². The van der Waals surface area contributed by atoms with Crippen LogP contribution in [-0.4, -0.2) is 52.1 Å². The molecule has 0 aromatic carbocycles. The smallest absolute Gasteiger partial charge is 0.333 e. The molecule has 1 saturated carbocycles. The second-order valence-electron chi connectivity index (χ2n) is 4.65. The molecule has 1 unspecified atom stereocenters. The monoisotopic (exact) mass is 288 g/mol. The number of ether oxygens (including phenoxy) is 1. The molecule has 5 N–H and O–H groups in total. The topological polar surface area (TPSA) is 154 Å². The van der Waals surface area contributed by atoms with Crippen LogP contribution in [0.25, 0.3) is 0 Å². The van der Waals surface area contributed by atoms with Crippen molar-refractivity contribution < 1.29 is 29.6 Å². The number of carboxylic acid groups (broad SMARTS) is 2. The standard InChI is InChI=1S/C8H14N2O.C4H6O5/c1-11-7-2-4-8(10,6-9)5-3-7;5-2(4(8)9)1-3(6)7/h7H,2-5,10H2,1H3;2,5H,1H2,(H,6,7)(H,8,9). The van der Waals surface area contributed by atoms with E-state index in [1.165, 1.54) is 0 Å². The molecule has 0 saturated heterocycles. The molecule has 0 aromatic heterocycles. The highest BCUT2D eigenvalue weighted by Gasteiger charge is 2.31. The van der Waals surface area contributed by atoms with E-state index < -0.39 is 30.0 Å². The number of nitriles is 1. The molecule has 0 aliphatic heterocycles. The van der Waals surface area contributed by atoms with Crippen LogP contribution in [0.5, 0.6) is 0 Å². The van der Waals surface area contributed by atoms with Gasteiger partial charge in [0, 0.05) is 7.11 Å². The third-order valence-electron chi connectivity index (χ3n) is 3.03. The fourth-order valence-corrected chi connectivity index (χ4v) is 1.71. The quantitative estimate of drug-likeness (QED) is 0.550. The Morgan fingerprint density at radius 1 is 1.45 bits per heavy atom. The van der Waals surface area contributed by atoms with E-state index in [1.54, 1.807) is 7.11 Å². The van der Waals surface area contributed by atoms with Gasteiger partial charge < -0.3 is 25.8 Å². The van der Waals surface area contributed by atoms with Crippen molar-refractivity contribution in [2.75, 3.05) is 7.11 Å². The van der Waals surface area contributed by atoms with Crippen molar-refractivity contribution in [1.29, 1.82) is 5.26 Å². The van der Waals surface area contributed by atoms with E-state index >= 15 is 0 Å². The van der Waals surface area contributed by atoms with Gasteiger partial charge in [-0.2, -0.15) is 5.26 Å². The van der Waals surface area contributed by atoms with Crippen LogP contribution in [0.15, 0.2) is 0 Å². The molecule has 0 spiro atoms. The van der Waals surface area contributed by atoms with Crippen LogP contribution in [0.1, 0.15) is 32.1 Å². The Kier molecular flexibility index (Phi) is 7.76. The SMILES string of the molecule is COC1CCC(N)(C#N)CC1.O=C(O)CC(O)C(=O)O. The number of rotatable bonds is 4. The normalized spacial score (nSPS) is 26.6. The van der Waals surface area contributed by atoms with E-state index in [9.17, 15) is 9.59 Å². The molecule has 1 aliphatic carbocycles. The number of nitrogens with zero attached hydrogens (tertiary/aromatic N) is 1. The Labute approximate surface area is 116 Å². The van der Waals surface area contributed by atoms with Gasteiger partial charge in [0.05, 0.1) is 18.6 Å². The van der Waals surface area contributed by atoms with Crippen LogP contribution < -0.4 is 5.73 Å². The summed E-state index contributed by atoms with van der Waals surface area (Å²) < 4.78 is 5.16. The van der Waals surface area contributed by atoms with Gasteiger partial charge in [-0.3, -0.25) is 4.79 Å². The molecule has 1 atom stereocenters. The van der Waals surface area contributed by atoms with Crippen molar-refractivity contribution in [3.05, 3.63) is 0 Å². The summed E-state index contributed by atoms with van der Waals surface area (Å²) >= 11 is 0. The van der Waals surface area contributed by atoms with Crippen molar-refractivity contribution in [2.45, 2.75) is 49.9 Å². The average molecular weight is 288 g/mol. The number of aliphatic hydroxyl groups excluding tert-OH is 1. The molecule has 1 aliphatic rings. The maximum Gasteiger partial charge on any atom is 0.333 e. The number of hydrogen-bond acceptors (Lipinski definition) is 6. The van der Waals surface area contributed by atoms with Gasteiger partial charge in [-0.1, -0.05) is 0 Å². The van der Waals surface area contributed by atoms with Crippen molar-refractivity contribution in [2.24, 2.45) is 5.73 Å². The average Bonchev–Trinajstić information content (AvgIpc) is 2.39. The summed E-state index contributed by atoms with van der Waals surface area (Å²) in [5.41, 5.74) is 5.18. The molecule has 8 nitrogen and oxygen atoms in total. The van der Waals surface area contributed by atoms with E-state index in [0.717, 1.165) is 25.7 Å². The van der Waals surface area contributed by atoms with Crippen molar-refractivity contribution >= 4 is 11.9 Å². The lowest BCUT2D eigenvalue weighted by molar-refractivity contribution is -0.152. The van der Waals surface area contributed by atoms with Crippen molar-refractivity contribution in [3.8, 4) is 6.07 Å². The van der Waals surface area contributed by atoms with Gasteiger partial charge in [0.25, 0.3) is 0 Å². The first kappa shape index (κ1) is 18.3. The van der Waals surface area contributed by atoms with Crippen LogP contribution >= 0.6 is 0 Å². The highest BCUT2D eigenvalue weighted by atomic mass is 16.5. The number of methoxy groups -OCH3 is 1. The number of carbonyl (C=O) groups is 2. The predicted octanol–water partition coefficient (Wildman–Crippen LogP) is -0.297. The number of carboxylic acids is 2. The minimum absolute atomic E-state index is 0.319. The summed E-state index contributed by atoms with van der Waals surface area (Å²) in [6.07, 6.45) is 1.14. The summed E-state index contributed by atoms with van der Waals surface area (Å²) in [5, 5.41) is 32.8. The van der Waals surface area contributed by atoms with E-state index in [-0.39, 0.29) is 0 Å². The van der Waals surface area contributed by atoms with Gasteiger partial charge in [0.1, 0.15) is 5.54 Å². The predicted molar refractivity (Wildman–Crippen MR) is 67.7 cm³/mol. The Morgan fingerprint density at radius 2 is 1.95 bits per heavy atom. The van der Waals surface area contributed by atoms with Crippen molar-refractivity contribution in [3.63, 3.8) is 0 Å². The Balaban J connectivity index is 0.000000370. The van der Waals surface area contributed by atoms with Gasteiger partial charge in [0.2, 0.25) is 0 Å². The van der Waals surface area contributed by atoms with Crippen molar-refractivity contribution in [1.82, 2.24) is 0 Å². The van der Waals surface area contributed by atoms with Gasteiger partial charge in [0.15, 0.2) is 6.10 Å². The van der Waals surface area contributed by atoms with E-state index in [4.69, 9.17) is 31.1 Å². The Morgan fingerprint density at radius 3 is 2.20 bits per heavy atom. The minimum Gasteiger partial charge on any atom is -0.481 e. The first-order valence-electron chi connectivity index (χ1n) is 6.09. The van der Waals surface area contributed by atoms with Gasteiger partial charge in [-0.15, -0.1) is 0 Å². The number of hydrogen-bond donors (Lipinski definition) is 4. The van der Waals surface area contributed by atoms with Crippen LogP contribution in [0.3, 0.4) is 0 Å². The van der Waals surface area contributed by atoms with E-state index in [1.807, 2.05) is 0 Å². The molecule has 0 aromatic rings. The summed E-state index contributed by atoms with van der Waals surface area (Å²) in [7, 11) is 1.71. The Bertz CT molecular complexity index is 371.